The fraction of sp³-hybridized carbons (Fsp3) is 0.0625. The van der Waals surface area contributed by atoms with Gasteiger partial charge in [0, 0.05) is 24.0 Å². The number of hydrogen-bond acceptors (Lipinski definition) is 3. The molecular weight excluding hydrogens is 254 g/mol. The van der Waals surface area contributed by atoms with E-state index in [1.807, 2.05) is 36.5 Å². The first-order chi connectivity index (χ1) is 9.72. The topological polar surface area (TPSA) is 51.3 Å². The Morgan fingerprint density at radius 1 is 1.05 bits per heavy atom. The lowest BCUT2D eigenvalue weighted by atomic mass is 10.2. The number of H-pyrrole nitrogens is 1. The van der Waals surface area contributed by atoms with Crippen molar-refractivity contribution in [2.75, 3.05) is 0 Å². The minimum atomic E-state index is -0.373. The smallest absolute Gasteiger partial charge is 0.308 e. The molecule has 0 aliphatic rings. The molecule has 0 aliphatic heterocycles. The molecule has 0 radical (unpaired) electrons. The van der Waals surface area contributed by atoms with E-state index in [1.54, 1.807) is 18.2 Å². The van der Waals surface area contributed by atoms with Crippen molar-refractivity contribution in [3.8, 4) is 17.2 Å². The molecule has 1 N–H and O–H groups in total. The lowest BCUT2D eigenvalue weighted by molar-refractivity contribution is -0.131. The fourth-order valence-corrected chi connectivity index (χ4v) is 2.00. The first kappa shape index (κ1) is 12.3. The van der Waals surface area contributed by atoms with Crippen LogP contribution in [0.3, 0.4) is 0 Å². The highest BCUT2D eigenvalue weighted by molar-refractivity contribution is 5.80. The van der Waals surface area contributed by atoms with Gasteiger partial charge in [0.05, 0.1) is 0 Å². The summed E-state index contributed by atoms with van der Waals surface area (Å²) < 4.78 is 10.9. The van der Waals surface area contributed by atoms with Gasteiger partial charge in [-0.25, -0.2) is 0 Å². The quantitative estimate of drug-likeness (QED) is 0.578. The van der Waals surface area contributed by atoms with Gasteiger partial charge >= 0.3 is 5.97 Å². The maximum Gasteiger partial charge on any atom is 0.308 e. The van der Waals surface area contributed by atoms with Crippen molar-refractivity contribution in [2.45, 2.75) is 6.92 Å². The SMILES string of the molecule is CC(=O)Oc1ccccc1Oc1ccc2[nH]ccc2c1. The number of ether oxygens (including phenoxy) is 2. The van der Waals surface area contributed by atoms with Crippen molar-refractivity contribution < 1.29 is 14.3 Å². The molecule has 100 valence electrons. The van der Waals surface area contributed by atoms with Crippen LogP contribution in [0.25, 0.3) is 10.9 Å². The third-order valence-corrected chi connectivity index (χ3v) is 2.86. The lowest BCUT2D eigenvalue weighted by Gasteiger charge is -2.10. The molecule has 20 heavy (non-hydrogen) atoms. The maximum absolute atomic E-state index is 11.1. The average Bonchev–Trinajstić information content (AvgIpc) is 2.88. The van der Waals surface area contributed by atoms with Gasteiger partial charge < -0.3 is 14.5 Å². The molecule has 0 saturated carbocycles. The Morgan fingerprint density at radius 3 is 2.65 bits per heavy atom. The van der Waals surface area contributed by atoms with E-state index in [0.717, 1.165) is 10.9 Å². The van der Waals surface area contributed by atoms with Gasteiger partial charge in [0.25, 0.3) is 0 Å². The number of benzene rings is 2. The predicted molar refractivity (Wildman–Crippen MR) is 76.1 cm³/mol. The second-order valence-corrected chi connectivity index (χ2v) is 4.37. The number of rotatable bonds is 3. The summed E-state index contributed by atoms with van der Waals surface area (Å²) in [5.74, 6) is 1.24. The Kier molecular flexibility index (Phi) is 3.13. The fourth-order valence-electron chi connectivity index (χ4n) is 2.00. The van der Waals surface area contributed by atoms with Crippen LogP contribution in [-0.2, 0) is 4.79 Å². The summed E-state index contributed by atoms with van der Waals surface area (Å²) in [6.45, 7) is 1.36. The zero-order chi connectivity index (χ0) is 13.9. The highest BCUT2D eigenvalue weighted by Gasteiger charge is 2.08. The standard InChI is InChI=1S/C16H13NO3/c1-11(18)19-15-4-2-3-5-16(15)20-13-6-7-14-12(10-13)8-9-17-14/h2-10,17H,1H3. The minimum Gasteiger partial charge on any atom is -0.453 e. The summed E-state index contributed by atoms with van der Waals surface area (Å²) in [7, 11) is 0. The number of aromatic nitrogens is 1. The molecule has 0 spiro atoms. The van der Waals surface area contributed by atoms with Gasteiger partial charge in [-0.1, -0.05) is 12.1 Å². The molecule has 4 nitrogen and oxygen atoms in total. The van der Waals surface area contributed by atoms with Crippen LogP contribution in [0.4, 0.5) is 0 Å². The first-order valence-corrected chi connectivity index (χ1v) is 6.25. The summed E-state index contributed by atoms with van der Waals surface area (Å²) in [4.78, 5) is 14.2. The van der Waals surface area contributed by atoms with Crippen LogP contribution in [0.15, 0.2) is 54.7 Å². The first-order valence-electron chi connectivity index (χ1n) is 6.25. The van der Waals surface area contributed by atoms with Gasteiger partial charge in [-0.05, 0) is 36.4 Å². The second-order valence-electron chi connectivity index (χ2n) is 4.37. The molecule has 0 atom stereocenters. The Hall–Kier alpha value is -2.75. The lowest BCUT2D eigenvalue weighted by Crippen LogP contribution is -2.02. The summed E-state index contributed by atoms with van der Waals surface area (Å²) in [5.41, 5.74) is 1.05. The van der Waals surface area contributed by atoms with Gasteiger partial charge in [0.1, 0.15) is 5.75 Å². The summed E-state index contributed by atoms with van der Waals surface area (Å²) in [6, 6.07) is 14.8. The molecule has 0 saturated heterocycles. The Bertz CT molecular complexity index is 761. The van der Waals surface area contributed by atoms with Crippen LogP contribution in [0.2, 0.25) is 0 Å². The number of esters is 1. The average molecular weight is 267 g/mol. The number of hydrogen-bond donors (Lipinski definition) is 1. The van der Waals surface area contributed by atoms with E-state index in [9.17, 15) is 4.79 Å². The molecule has 1 heterocycles. The number of para-hydroxylation sites is 2. The monoisotopic (exact) mass is 267 g/mol. The molecule has 0 fully saturated rings. The van der Waals surface area contributed by atoms with Crippen LogP contribution >= 0.6 is 0 Å². The van der Waals surface area contributed by atoms with Crippen molar-refractivity contribution in [3.63, 3.8) is 0 Å². The third-order valence-electron chi connectivity index (χ3n) is 2.86. The molecule has 2 aromatic carbocycles. The number of fused-ring (bicyclic) bond motifs is 1. The van der Waals surface area contributed by atoms with Crippen molar-refractivity contribution in [3.05, 3.63) is 54.7 Å². The summed E-state index contributed by atoms with van der Waals surface area (Å²) >= 11 is 0. The van der Waals surface area contributed by atoms with Gasteiger partial charge in [-0.2, -0.15) is 0 Å². The van der Waals surface area contributed by atoms with Crippen LogP contribution in [0.1, 0.15) is 6.92 Å². The van der Waals surface area contributed by atoms with Crippen LogP contribution in [-0.4, -0.2) is 11.0 Å². The summed E-state index contributed by atoms with van der Waals surface area (Å²) in [6.07, 6.45) is 1.88. The molecule has 4 heteroatoms. The van der Waals surface area contributed by atoms with E-state index in [2.05, 4.69) is 4.98 Å². The van der Waals surface area contributed by atoms with Crippen molar-refractivity contribution in [2.24, 2.45) is 0 Å². The van der Waals surface area contributed by atoms with Crippen LogP contribution < -0.4 is 9.47 Å². The Balaban J connectivity index is 1.91. The largest absolute Gasteiger partial charge is 0.453 e. The van der Waals surface area contributed by atoms with E-state index in [-0.39, 0.29) is 5.97 Å². The van der Waals surface area contributed by atoms with Gasteiger partial charge in [0.15, 0.2) is 11.5 Å². The molecule has 0 bridgehead atoms. The van der Waals surface area contributed by atoms with E-state index < -0.39 is 0 Å². The van der Waals surface area contributed by atoms with E-state index in [4.69, 9.17) is 9.47 Å². The van der Waals surface area contributed by atoms with Gasteiger partial charge in [-0.3, -0.25) is 4.79 Å². The Morgan fingerprint density at radius 2 is 1.85 bits per heavy atom. The molecule has 0 amide bonds. The molecule has 0 aliphatic carbocycles. The van der Waals surface area contributed by atoms with Crippen molar-refractivity contribution in [1.82, 2.24) is 4.98 Å². The number of nitrogens with one attached hydrogen (secondary N) is 1. The van der Waals surface area contributed by atoms with Crippen molar-refractivity contribution >= 4 is 16.9 Å². The van der Waals surface area contributed by atoms with Gasteiger partial charge in [-0.15, -0.1) is 0 Å². The zero-order valence-corrected chi connectivity index (χ0v) is 10.9. The maximum atomic E-state index is 11.1. The molecule has 1 aromatic heterocycles. The van der Waals surface area contributed by atoms with Crippen LogP contribution in [0, 0.1) is 0 Å². The number of carbonyl (C=O) groups excluding carboxylic acids is 1. The van der Waals surface area contributed by atoms with Crippen LogP contribution in [0.5, 0.6) is 17.2 Å². The highest BCUT2D eigenvalue weighted by atomic mass is 16.6. The second kappa shape index (κ2) is 5.09. The molecule has 0 unspecified atom stereocenters. The van der Waals surface area contributed by atoms with Gasteiger partial charge in [0.2, 0.25) is 0 Å². The minimum absolute atomic E-state index is 0.373. The molecular formula is C16H13NO3. The Labute approximate surface area is 115 Å². The zero-order valence-electron chi connectivity index (χ0n) is 10.9. The highest BCUT2D eigenvalue weighted by Crippen LogP contribution is 2.32. The number of aromatic amines is 1. The van der Waals surface area contributed by atoms with Crippen molar-refractivity contribution in [1.29, 1.82) is 0 Å². The summed E-state index contributed by atoms with van der Waals surface area (Å²) in [5, 5.41) is 1.06. The molecule has 3 aromatic rings. The third kappa shape index (κ3) is 2.49. The number of carbonyl (C=O) groups is 1. The normalized spacial score (nSPS) is 10.4. The predicted octanol–water partition coefficient (Wildman–Crippen LogP) is 3.89. The molecule has 3 rings (SSSR count). The van der Waals surface area contributed by atoms with E-state index in [1.165, 1.54) is 6.92 Å². The van der Waals surface area contributed by atoms with E-state index >= 15 is 0 Å². The van der Waals surface area contributed by atoms with E-state index in [0.29, 0.717) is 17.2 Å².